The van der Waals surface area contributed by atoms with Crippen molar-refractivity contribution in [1.82, 2.24) is 0 Å². The first-order valence-corrected chi connectivity index (χ1v) is 10.7. The summed E-state index contributed by atoms with van der Waals surface area (Å²) in [5.74, 6) is -0.666. The number of carbonyl (C=O) groups is 2. The van der Waals surface area contributed by atoms with E-state index in [4.69, 9.17) is 9.47 Å². The van der Waals surface area contributed by atoms with Crippen molar-refractivity contribution in [3.63, 3.8) is 0 Å². The van der Waals surface area contributed by atoms with Gasteiger partial charge in [0, 0.05) is 11.1 Å². The van der Waals surface area contributed by atoms with Gasteiger partial charge in [0.25, 0.3) is 0 Å². The maximum atomic E-state index is 12.6. The summed E-state index contributed by atoms with van der Waals surface area (Å²) in [6, 6.07) is 0. The molecule has 0 fully saturated rings. The molecule has 152 valence electrons. The normalized spacial score (nSPS) is 11.8. The fraction of sp³-hybridized carbons (Fsp3) is 0.818. The van der Waals surface area contributed by atoms with Crippen LogP contribution in [0.25, 0.3) is 0 Å². The van der Waals surface area contributed by atoms with Gasteiger partial charge in [-0.1, -0.05) is 72.6 Å². The van der Waals surface area contributed by atoms with Crippen molar-refractivity contribution in [2.45, 2.75) is 105 Å². The minimum atomic E-state index is -0.337. The molecule has 0 amide bonds. The van der Waals surface area contributed by atoms with Crippen LogP contribution in [0.15, 0.2) is 11.1 Å². The van der Waals surface area contributed by atoms with E-state index in [2.05, 4.69) is 20.8 Å². The highest BCUT2D eigenvalue weighted by molar-refractivity contribution is 6.00. The molecular formula is C22H40O4. The Hall–Kier alpha value is -1.32. The molecule has 4 nitrogen and oxygen atoms in total. The molecule has 0 N–H and O–H groups in total. The van der Waals surface area contributed by atoms with Gasteiger partial charge in [-0.3, -0.25) is 0 Å². The molecule has 0 saturated heterocycles. The molecule has 0 aromatic rings. The molecule has 0 aliphatic rings. The maximum absolute atomic E-state index is 12.6. The van der Waals surface area contributed by atoms with Crippen molar-refractivity contribution < 1.29 is 19.1 Å². The molecule has 4 heteroatoms. The molecule has 0 rings (SSSR count). The average Bonchev–Trinajstić information content (AvgIpc) is 2.63. The van der Waals surface area contributed by atoms with Gasteiger partial charge in [0.1, 0.15) is 0 Å². The van der Waals surface area contributed by atoms with Crippen molar-refractivity contribution in [3.05, 3.63) is 11.1 Å². The first kappa shape index (κ1) is 24.7. The van der Waals surface area contributed by atoms with Crippen LogP contribution in [0.5, 0.6) is 0 Å². The van der Waals surface area contributed by atoms with E-state index in [0.717, 1.165) is 44.9 Å². The number of hydrogen-bond donors (Lipinski definition) is 0. The first-order valence-electron chi connectivity index (χ1n) is 10.7. The molecule has 0 spiro atoms. The van der Waals surface area contributed by atoms with Gasteiger partial charge < -0.3 is 9.47 Å². The monoisotopic (exact) mass is 368 g/mol. The summed E-state index contributed by atoms with van der Waals surface area (Å²) in [5, 5.41) is 0. The van der Waals surface area contributed by atoms with Crippen molar-refractivity contribution >= 4 is 11.9 Å². The second-order valence-electron chi connectivity index (χ2n) is 6.85. The standard InChI is InChI=1S/C22H40O4/c1-5-9-12-13-14-16-20(22(24)26-18-11-7-3)19(15-8-4)21(23)25-17-10-6-2/h5-18H2,1-4H3. The zero-order valence-electron chi connectivity index (χ0n) is 17.5. The molecule has 26 heavy (non-hydrogen) atoms. The Labute approximate surface area is 160 Å². The zero-order chi connectivity index (χ0) is 19.6. The largest absolute Gasteiger partial charge is 0.462 e. The predicted molar refractivity (Wildman–Crippen MR) is 107 cm³/mol. The fourth-order valence-electron chi connectivity index (χ4n) is 2.70. The Kier molecular flexibility index (Phi) is 16.2. The van der Waals surface area contributed by atoms with E-state index in [-0.39, 0.29) is 11.9 Å². The highest BCUT2D eigenvalue weighted by Gasteiger charge is 2.22. The molecule has 0 heterocycles. The van der Waals surface area contributed by atoms with Crippen LogP contribution in [-0.2, 0) is 19.1 Å². The second kappa shape index (κ2) is 17.1. The average molecular weight is 369 g/mol. The summed E-state index contributed by atoms with van der Waals surface area (Å²) >= 11 is 0. The van der Waals surface area contributed by atoms with E-state index >= 15 is 0 Å². The van der Waals surface area contributed by atoms with Crippen molar-refractivity contribution in [3.8, 4) is 0 Å². The van der Waals surface area contributed by atoms with Gasteiger partial charge in [-0.15, -0.1) is 0 Å². The molecule has 0 radical (unpaired) electrons. The molecule has 0 aliphatic carbocycles. The first-order chi connectivity index (χ1) is 12.6. The van der Waals surface area contributed by atoms with E-state index < -0.39 is 0 Å². The van der Waals surface area contributed by atoms with Gasteiger partial charge >= 0.3 is 11.9 Å². The van der Waals surface area contributed by atoms with E-state index in [9.17, 15) is 9.59 Å². The molecule has 0 saturated carbocycles. The summed E-state index contributed by atoms with van der Waals surface area (Å²) in [7, 11) is 0. The summed E-state index contributed by atoms with van der Waals surface area (Å²) in [6.07, 6.45) is 11.2. The van der Waals surface area contributed by atoms with Gasteiger partial charge in [0.05, 0.1) is 13.2 Å². The SMILES string of the molecule is CCCCCCCC(C(=O)OCCCC)=C(CCC)C(=O)OCCCC. The quantitative estimate of drug-likeness (QED) is 0.187. The molecular weight excluding hydrogens is 328 g/mol. The molecule has 0 atom stereocenters. The zero-order valence-corrected chi connectivity index (χ0v) is 17.5. The van der Waals surface area contributed by atoms with Gasteiger partial charge in [-0.2, -0.15) is 0 Å². The van der Waals surface area contributed by atoms with Crippen molar-refractivity contribution in [2.24, 2.45) is 0 Å². The second-order valence-corrected chi connectivity index (χ2v) is 6.85. The van der Waals surface area contributed by atoms with Crippen LogP contribution in [0.1, 0.15) is 105 Å². The van der Waals surface area contributed by atoms with Crippen LogP contribution in [0.4, 0.5) is 0 Å². The predicted octanol–water partition coefficient (Wildman–Crippen LogP) is 6.13. The minimum absolute atomic E-state index is 0.329. The fourth-order valence-corrected chi connectivity index (χ4v) is 2.70. The highest BCUT2D eigenvalue weighted by Crippen LogP contribution is 2.21. The molecule has 0 aromatic carbocycles. The molecule has 0 bridgehead atoms. The van der Waals surface area contributed by atoms with Crippen LogP contribution in [0.3, 0.4) is 0 Å². The number of unbranched alkanes of at least 4 members (excludes halogenated alkanes) is 6. The Morgan fingerprint density at radius 1 is 0.538 bits per heavy atom. The highest BCUT2D eigenvalue weighted by atomic mass is 16.5. The summed E-state index contributed by atoms with van der Waals surface area (Å²) < 4.78 is 10.8. The lowest BCUT2D eigenvalue weighted by atomic mass is 9.97. The lowest BCUT2D eigenvalue weighted by Crippen LogP contribution is -2.18. The van der Waals surface area contributed by atoms with E-state index in [1.165, 1.54) is 19.3 Å². The summed E-state index contributed by atoms with van der Waals surface area (Å²) in [5.41, 5.74) is 1.07. The van der Waals surface area contributed by atoms with Crippen LogP contribution in [-0.4, -0.2) is 25.2 Å². The van der Waals surface area contributed by atoms with E-state index in [0.29, 0.717) is 37.2 Å². The third kappa shape index (κ3) is 11.3. The molecule has 0 aromatic heterocycles. The summed E-state index contributed by atoms with van der Waals surface area (Å²) in [4.78, 5) is 25.1. The number of carbonyl (C=O) groups excluding carboxylic acids is 2. The van der Waals surface area contributed by atoms with Crippen LogP contribution in [0.2, 0.25) is 0 Å². The van der Waals surface area contributed by atoms with Gasteiger partial charge in [0.2, 0.25) is 0 Å². The number of hydrogen-bond acceptors (Lipinski definition) is 4. The van der Waals surface area contributed by atoms with Crippen molar-refractivity contribution in [2.75, 3.05) is 13.2 Å². The third-order valence-corrected chi connectivity index (χ3v) is 4.35. The third-order valence-electron chi connectivity index (χ3n) is 4.35. The van der Waals surface area contributed by atoms with Crippen LogP contribution in [0, 0.1) is 0 Å². The lowest BCUT2D eigenvalue weighted by Gasteiger charge is -2.14. The van der Waals surface area contributed by atoms with Gasteiger partial charge in [0.15, 0.2) is 0 Å². The van der Waals surface area contributed by atoms with Gasteiger partial charge in [-0.25, -0.2) is 9.59 Å². The Balaban J connectivity index is 5.14. The topological polar surface area (TPSA) is 52.6 Å². The van der Waals surface area contributed by atoms with E-state index in [1.54, 1.807) is 0 Å². The number of rotatable bonds is 16. The smallest absolute Gasteiger partial charge is 0.334 e. The van der Waals surface area contributed by atoms with Crippen molar-refractivity contribution in [1.29, 1.82) is 0 Å². The molecule has 0 unspecified atom stereocenters. The number of esters is 2. The maximum Gasteiger partial charge on any atom is 0.334 e. The molecule has 0 aliphatic heterocycles. The minimum Gasteiger partial charge on any atom is -0.462 e. The Morgan fingerprint density at radius 2 is 1.00 bits per heavy atom. The van der Waals surface area contributed by atoms with Gasteiger partial charge in [-0.05, 0) is 32.1 Å². The Morgan fingerprint density at radius 3 is 1.46 bits per heavy atom. The Bertz CT molecular complexity index is 412. The van der Waals surface area contributed by atoms with E-state index in [1.807, 2.05) is 6.92 Å². The van der Waals surface area contributed by atoms with Crippen LogP contribution >= 0.6 is 0 Å². The van der Waals surface area contributed by atoms with Crippen LogP contribution < -0.4 is 0 Å². The lowest BCUT2D eigenvalue weighted by molar-refractivity contribution is -0.142. The number of ether oxygens (including phenoxy) is 2. The summed E-state index contributed by atoms with van der Waals surface area (Å²) in [6.45, 7) is 9.15.